The molecule has 7 nitrogen and oxygen atoms in total. The monoisotopic (exact) mass is 362 g/mol. The Morgan fingerprint density at radius 1 is 1.31 bits per heavy atom. The van der Waals surface area contributed by atoms with E-state index in [4.69, 9.17) is 9.47 Å². The molecule has 0 aromatic heterocycles. The zero-order valence-electron chi connectivity index (χ0n) is 15.8. The number of nitrogens with zero attached hydrogens (tertiary/aromatic N) is 2. The molecule has 0 saturated carbocycles. The van der Waals surface area contributed by atoms with E-state index in [0.29, 0.717) is 13.2 Å². The van der Waals surface area contributed by atoms with Gasteiger partial charge in [0.05, 0.1) is 13.2 Å². The van der Waals surface area contributed by atoms with Gasteiger partial charge in [0.15, 0.2) is 0 Å². The number of hydrogen-bond donors (Lipinski definition) is 2. The third kappa shape index (κ3) is 5.25. The van der Waals surface area contributed by atoms with Crippen LogP contribution >= 0.6 is 0 Å². The smallest absolute Gasteiger partial charge is 0.315 e. The molecule has 1 fully saturated rings. The third-order valence-corrected chi connectivity index (χ3v) is 5.04. The van der Waals surface area contributed by atoms with Crippen molar-refractivity contribution in [3.63, 3.8) is 0 Å². The highest BCUT2D eigenvalue weighted by molar-refractivity contribution is 5.74. The zero-order valence-corrected chi connectivity index (χ0v) is 15.8. The van der Waals surface area contributed by atoms with Crippen molar-refractivity contribution in [2.45, 2.75) is 18.9 Å². The minimum absolute atomic E-state index is 0.0211. The molecular weight excluding hydrogens is 332 g/mol. The van der Waals surface area contributed by atoms with Crippen molar-refractivity contribution in [3.8, 4) is 11.5 Å². The van der Waals surface area contributed by atoms with E-state index >= 15 is 0 Å². The highest BCUT2D eigenvalue weighted by atomic mass is 16.5. The zero-order chi connectivity index (χ0) is 18.4. The van der Waals surface area contributed by atoms with Gasteiger partial charge in [-0.2, -0.15) is 0 Å². The Morgan fingerprint density at radius 3 is 2.88 bits per heavy atom. The maximum atomic E-state index is 12.1. The molecule has 1 saturated heterocycles. The van der Waals surface area contributed by atoms with E-state index in [-0.39, 0.29) is 12.1 Å². The van der Waals surface area contributed by atoms with Crippen LogP contribution in [-0.4, -0.2) is 81.9 Å². The van der Waals surface area contributed by atoms with Crippen molar-refractivity contribution in [3.05, 3.63) is 23.8 Å². The van der Waals surface area contributed by atoms with Gasteiger partial charge >= 0.3 is 6.03 Å². The van der Waals surface area contributed by atoms with Crippen LogP contribution in [0.3, 0.4) is 0 Å². The first-order chi connectivity index (χ1) is 12.6. The molecule has 1 aromatic rings. The Labute approximate surface area is 155 Å². The molecule has 7 heteroatoms. The second-order valence-electron chi connectivity index (χ2n) is 7.08. The molecule has 0 aliphatic carbocycles. The molecule has 2 aliphatic heterocycles. The Hall–Kier alpha value is -1.99. The van der Waals surface area contributed by atoms with Gasteiger partial charge < -0.3 is 29.9 Å². The molecule has 3 rings (SSSR count). The van der Waals surface area contributed by atoms with Crippen LogP contribution in [-0.2, 0) is 6.42 Å². The molecule has 2 amide bonds. The third-order valence-electron chi connectivity index (χ3n) is 5.04. The van der Waals surface area contributed by atoms with Crippen molar-refractivity contribution in [1.82, 2.24) is 20.4 Å². The molecular formula is C19H30N4O3. The van der Waals surface area contributed by atoms with Crippen LogP contribution in [0.5, 0.6) is 11.5 Å². The van der Waals surface area contributed by atoms with E-state index in [0.717, 1.165) is 62.6 Å². The van der Waals surface area contributed by atoms with Gasteiger partial charge in [-0.1, -0.05) is 0 Å². The molecule has 0 bridgehead atoms. The Kier molecular flexibility index (Phi) is 6.57. The second-order valence-corrected chi connectivity index (χ2v) is 7.08. The van der Waals surface area contributed by atoms with E-state index in [2.05, 4.69) is 27.5 Å². The average molecular weight is 362 g/mol. The molecule has 144 valence electrons. The molecule has 2 aliphatic rings. The predicted octanol–water partition coefficient (Wildman–Crippen LogP) is 0.935. The van der Waals surface area contributed by atoms with E-state index < -0.39 is 0 Å². The fraction of sp³-hybridized carbons (Fsp3) is 0.632. The number of carbonyl (C=O) groups excluding carboxylic acids is 1. The van der Waals surface area contributed by atoms with E-state index in [9.17, 15) is 4.79 Å². The molecule has 1 unspecified atom stereocenters. The Morgan fingerprint density at radius 2 is 2.12 bits per heavy atom. The lowest BCUT2D eigenvalue weighted by molar-refractivity contribution is 0.152. The quantitative estimate of drug-likeness (QED) is 0.737. The summed E-state index contributed by atoms with van der Waals surface area (Å²) >= 11 is 0. The summed E-state index contributed by atoms with van der Waals surface area (Å²) in [6, 6.07) is 5.63. The summed E-state index contributed by atoms with van der Waals surface area (Å²) in [4.78, 5) is 16.9. The highest BCUT2D eigenvalue weighted by Gasteiger charge is 2.22. The van der Waals surface area contributed by atoms with Gasteiger partial charge in [0.25, 0.3) is 0 Å². The summed E-state index contributed by atoms with van der Waals surface area (Å²) in [6.07, 6.45) is 1.72. The molecule has 0 spiro atoms. The molecule has 0 radical (unpaired) electrons. The fourth-order valence-electron chi connectivity index (χ4n) is 3.40. The number of carbonyl (C=O) groups is 1. The van der Waals surface area contributed by atoms with Gasteiger partial charge in [0, 0.05) is 32.7 Å². The number of amides is 2. The fourth-order valence-corrected chi connectivity index (χ4v) is 3.40. The minimum Gasteiger partial charge on any atom is -0.497 e. The summed E-state index contributed by atoms with van der Waals surface area (Å²) in [6.45, 7) is 6.71. The number of hydrogen-bond acceptors (Lipinski definition) is 5. The molecule has 2 heterocycles. The maximum absolute atomic E-state index is 12.1. The summed E-state index contributed by atoms with van der Waals surface area (Å²) < 4.78 is 11.0. The van der Waals surface area contributed by atoms with Gasteiger partial charge in [0.2, 0.25) is 0 Å². The molecule has 1 atom stereocenters. The summed E-state index contributed by atoms with van der Waals surface area (Å²) in [5, 5.41) is 5.96. The molecule has 2 N–H and O–H groups in total. The van der Waals surface area contributed by atoms with E-state index in [1.165, 1.54) is 0 Å². The van der Waals surface area contributed by atoms with Crippen LogP contribution in [0, 0.1) is 0 Å². The largest absolute Gasteiger partial charge is 0.497 e. The van der Waals surface area contributed by atoms with E-state index in [1.807, 2.05) is 18.2 Å². The Balaban J connectivity index is 1.35. The Bertz CT molecular complexity index is 602. The van der Waals surface area contributed by atoms with Gasteiger partial charge in [-0.15, -0.1) is 0 Å². The van der Waals surface area contributed by atoms with Crippen LogP contribution in [0.15, 0.2) is 18.2 Å². The van der Waals surface area contributed by atoms with Crippen molar-refractivity contribution in [2.75, 3.05) is 60.0 Å². The SMILES string of the molecule is COc1ccc2c(c1)CC(NC(=O)NCCCN1CCN(C)CC1)CO2. The van der Waals surface area contributed by atoms with Gasteiger partial charge in [-0.25, -0.2) is 4.79 Å². The lowest BCUT2D eigenvalue weighted by Crippen LogP contribution is -2.48. The number of urea groups is 1. The number of likely N-dealkylation sites (N-methyl/N-ethyl adjacent to an activating group) is 1. The van der Waals surface area contributed by atoms with Crippen molar-refractivity contribution < 1.29 is 14.3 Å². The molecule has 1 aromatic carbocycles. The number of ether oxygens (including phenoxy) is 2. The minimum atomic E-state index is -0.122. The first-order valence-electron chi connectivity index (χ1n) is 9.39. The number of benzene rings is 1. The topological polar surface area (TPSA) is 66.1 Å². The number of rotatable bonds is 6. The summed E-state index contributed by atoms with van der Waals surface area (Å²) in [7, 11) is 3.81. The number of fused-ring (bicyclic) bond motifs is 1. The van der Waals surface area contributed by atoms with Gasteiger partial charge in [0.1, 0.15) is 18.1 Å². The van der Waals surface area contributed by atoms with Crippen molar-refractivity contribution >= 4 is 6.03 Å². The first-order valence-corrected chi connectivity index (χ1v) is 9.39. The van der Waals surface area contributed by atoms with Crippen LogP contribution in [0.25, 0.3) is 0 Å². The summed E-state index contributed by atoms with van der Waals surface area (Å²) in [5.74, 6) is 1.68. The van der Waals surface area contributed by atoms with Crippen LogP contribution in [0.1, 0.15) is 12.0 Å². The number of methoxy groups -OCH3 is 1. The highest BCUT2D eigenvalue weighted by Crippen LogP contribution is 2.28. The van der Waals surface area contributed by atoms with E-state index in [1.54, 1.807) is 7.11 Å². The number of nitrogens with one attached hydrogen (secondary N) is 2. The lowest BCUT2D eigenvalue weighted by Gasteiger charge is -2.32. The van der Waals surface area contributed by atoms with Crippen LogP contribution in [0.2, 0.25) is 0 Å². The average Bonchev–Trinajstić information content (AvgIpc) is 2.66. The first kappa shape index (κ1) is 18.8. The second kappa shape index (κ2) is 9.09. The standard InChI is InChI=1S/C19H30N4O3/c1-22-8-10-23(11-9-22)7-3-6-20-19(24)21-16-12-15-13-17(25-2)4-5-18(15)26-14-16/h4-5,13,16H,3,6-12,14H2,1-2H3,(H2,20,21,24). The molecule has 26 heavy (non-hydrogen) atoms. The number of piperazine rings is 1. The van der Waals surface area contributed by atoms with Gasteiger partial charge in [-0.3, -0.25) is 0 Å². The van der Waals surface area contributed by atoms with Crippen molar-refractivity contribution in [1.29, 1.82) is 0 Å². The van der Waals surface area contributed by atoms with Crippen molar-refractivity contribution in [2.24, 2.45) is 0 Å². The maximum Gasteiger partial charge on any atom is 0.315 e. The predicted molar refractivity (Wildman–Crippen MR) is 101 cm³/mol. The van der Waals surface area contributed by atoms with Gasteiger partial charge in [-0.05, 0) is 50.2 Å². The normalized spacial score (nSPS) is 20.8. The van der Waals surface area contributed by atoms with Crippen LogP contribution in [0.4, 0.5) is 4.79 Å². The lowest BCUT2D eigenvalue weighted by atomic mass is 10.0. The summed E-state index contributed by atoms with van der Waals surface area (Å²) in [5.41, 5.74) is 1.07. The van der Waals surface area contributed by atoms with Crippen LogP contribution < -0.4 is 20.1 Å².